The van der Waals surface area contributed by atoms with E-state index in [1.165, 1.54) is 0 Å². The molecule has 0 aromatic heterocycles. The van der Waals surface area contributed by atoms with Gasteiger partial charge in [-0.25, -0.2) is 0 Å². The first-order chi connectivity index (χ1) is 11.6. The molecule has 2 bridgehead atoms. The normalized spacial score (nSPS) is 23.2. The van der Waals surface area contributed by atoms with Gasteiger partial charge in [-0.2, -0.15) is 0 Å². The van der Waals surface area contributed by atoms with Crippen molar-refractivity contribution >= 4 is 5.91 Å². The summed E-state index contributed by atoms with van der Waals surface area (Å²) in [5, 5.41) is 3.44. The number of hydrogen-bond acceptors (Lipinski definition) is 4. The summed E-state index contributed by atoms with van der Waals surface area (Å²) in [4.78, 5) is 15.1. The van der Waals surface area contributed by atoms with E-state index in [0.717, 1.165) is 32.4 Å². The zero-order chi connectivity index (χ0) is 17.1. The van der Waals surface area contributed by atoms with E-state index < -0.39 is 0 Å². The summed E-state index contributed by atoms with van der Waals surface area (Å²) in [6.45, 7) is 6.73. The van der Waals surface area contributed by atoms with Gasteiger partial charge < -0.3 is 19.7 Å². The van der Waals surface area contributed by atoms with Gasteiger partial charge in [-0.15, -0.1) is 0 Å². The molecule has 1 aromatic carbocycles. The predicted octanol–water partition coefficient (Wildman–Crippen LogP) is 2.70. The number of carbonyl (C=O) groups is 1. The Labute approximate surface area is 144 Å². The number of amides is 1. The molecule has 0 radical (unpaired) electrons. The number of nitrogens with zero attached hydrogens (tertiary/aromatic N) is 1. The minimum atomic E-state index is 0.111. The van der Waals surface area contributed by atoms with E-state index in [1.807, 2.05) is 18.2 Å². The lowest BCUT2D eigenvalue weighted by atomic mass is 10.1. The van der Waals surface area contributed by atoms with Crippen molar-refractivity contribution in [2.45, 2.75) is 45.2 Å². The maximum Gasteiger partial charge on any atom is 0.254 e. The number of fused-ring (bicyclic) bond motifs is 2. The molecule has 3 rings (SSSR count). The van der Waals surface area contributed by atoms with Crippen LogP contribution in [0.4, 0.5) is 0 Å². The molecule has 0 saturated carbocycles. The molecule has 2 heterocycles. The van der Waals surface area contributed by atoms with Crippen molar-refractivity contribution in [2.24, 2.45) is 5.92 Å². The molecular formula is C19H28N2O3. The van der Waals surface area contributed by atoms with Crippen LogP contribution in [0.5, 0.6) is 11.5 Å². The van der Waals surface area contributed by atoms with Gasteiger partial charge in [0.2, 0.25) is 0 Å². The Morgan fingerprint density at radius 2 is 2.04 bits per heavy atom. The first kappa shape index (κ1) is 17.1. The van der Waals surface area contributed by atoms with Crippen LogP contribution in [-0.4, -0.2) is 49.7 Å². The maximum atomic E-state index is 13.1. The van der Waals surface area contributed by atoms with Crippen molar-refractivity contribution < 1.29 is 14.3 Å². The van der Waals surface area contributed by atoms with Crippen LogP contribution in [0, 0.1) is 5.92 Å². The second-order valence-corrected chi connectivity index (χ2v) is 7.16. The van der Waals surface area contributed by atoms with Gasteiger partial charge in [0.15, 0.2) is 11.5 Å². The number of hydrogen-bond donors (Lipinski definition) is 1. The molecule has 24 heavy (non-hydrogen) atoms. The highest BCUT2D eigenvalue weighted by atomic mass is 16.5. The largest absolute Gasteiger partial charge is 0.493 e. The van der Waals surface area contributed by atoms with E-state index in [0.29, 0.717) is 41.7 Å². The smallest absolute Gasteiger partial charge is 0.254 e. The summed E-state index contributed by atoms with van der Waals surface area (Å²) >= 11 is 0. The number of methoxy groups -OCH3 is 1. The molecular weight excluding hydrogens is 304 g/mol. The third-order valence-corrected chi connectivity index (χ3v) is 4.87. The molecule has 2 fully saturated rings. The Balaban J connectivity index is 1.79. The average molecular weight is 332 g/mol. The van der Waals surface area contributed by atoms with Gasteiger partial charge in [0.1, 0.15) is 0 Å². The van der Waals surface area contributed by atoms with E-state index in [1.54, 1.807) is 7.11 Å². The minimum absolute atomic E-state index is 0.111. The van der Waals surface area contributed by atoms with E-state index in [4.69, 9.17) is 9.47 Å². The Morgan fingerprint density at radius 1 is 1.25 bits per heavy atom. The van der Waals surface area contributed by atoms with E-state index >= 15 is 0 Å². The molecule has 2 aliphatic rings. The highest BCUT2D eigenvalue weighted by molar-refractivity contribution is 5.95. The van der Waals surface area contributed by atoms with Gasteiger partial charge in [0.25, 0.3) is 5.91 Å². The summed E-state index contributed by atoms with van der Waals surface area (Å²) in [5.41, 5.74) is 0.683. The van der Waals surface area contributed by atoms with Crippen LogP contribution in [0.25, 0.3) is 0 Å². The maximum absolute atomic E-state index is 13.1. The quantitative estimate of drug-likeness (QED) is 0.901. The number of carbonyl (C=O) groups excluding carboxylic acids is 1. The lowest BCUT2D eigenvalue weighted by molar-refractivity contribution is 0.0680. The van der Waals surface area contributed by atoms with Crippen molar-refractivity contribution in [2.75, 3.05) is 26.8 Å². The Kier molecular flexibility index (Phi) is 5.29. The zero-order valence-corrected chi connectivity index (χ0v) is 14.9. The summed E-state index contributed by atoms with van der Waals surface area (Å²) < 4.78 is 11.2. The van der Waals surface area contributed by atoms with Gasteiger partial charge in [-0.1, -0.05) is 13.8 Å². The monoisotopic (exact) mass is 332 g/mol. The Hall–Kier alpha value is -1.75. The lowest BCUT2D eigenvalue weighted by Crippen LogP contribution is -2.42. The summed E-state index contributed by atoms with van der Waals surface area (Å²) in [5.74, 6) is 1.88. The fourth-order valence-electron chi connectivity index (χ4n) is 3.64. The van der Waals surface area contributed by atoms with Crippen LogP contribution >= 0.6 is 0 Å². The highest BCUT2D eigenvalue weighted by Crippen LogP contribution is 2.33. The molecule has 2 aliphatic heterocycles. The number of rotatable bonds is 5. The molecule has 5 heteroatoms. The first-order valence-corrected chi connectivity index (χ1v) is 8.94. The number of benzene rings is 1. The van der Waals surface area contributed by atoms with Crippen LogP contribution in [0.3, 0.4) is 0 Å². The Bertz CT molecular complexity index is 574. The summed E-state index contributed by atoms with van der Waals surface area (Å²) in [6, 6.07) is 6.20. The van der Waals surface area contributed by atoms with E-state index in [9.17, 15) is 4.79 Å². The molecule has 1 N–H and O–H groups in total. The minimum Gasteiger partial charge on any atom is -0.493 e. The van der Waals surface area contributed by atoms with E-state index in [-0.39, 0.29) is 5.91 Å². The van der Waals surface area contributed by atoms with Crippen molar-refractivity contribution in [3.8, 4) is 11.5 Å². The van der Waals surface area contributed by atoms with Crippen molar-refractivity contribution in [1.29, 1.82) is 0 Å². The molecule has 1 aromatic rings. The standard InChI is InChI=1S/C19H28N2O3/c1-13(2)12-24-17-7-4-14(10-18(17)23-3)19(22)21-15-5-6-16(21)11-20-9-8-15/h4,7,10,13,15-16,20H,5-6,8-9,11-12H2,1-3H3. The third kappa shape index (κ3) is 3.51. The number of ether oxygens (including phenoxy) is 2. The van der Waals surface area contributed by atoms with E-state index in [2.05, 4.69) is 24.1 Å². The van der Waals surface area contributed by atoms with Gasteiger partial charge in [-0.3, -0.25) is 4.79 Å². The molecule has 5 nitrogen and oxygen atoms in total. The molecule has 0 spiro atoms. The fourth-order valence-corrected chi connectivity index (χ4v) is 3.64. The second-order valence-electron chi connectivity index (χ2n) is 7.16. The van der Waals surface area contributed by atoms with Crippen LogP contribution in [-0.2, 0) is 0 Å². The van der Waals surface area contributed by atoms with Crippen molar-refractivity contribution in [3.63, 3.8) is 0 Å². The number of nitrogens with one attached hydrogen (secondary N) is 1. The van der Waals surface area contributed by atoms with Crippen LogP contribution < -0.4 is 14.8 Å². The summed E-state index contributed by atoms with van der Waals surface area (Å²) in [6.07, 6.45) is 3.25. The summed E-state index contributed by atoms with van der Waals surface area (Å²) in [7, 11) is 1.62. The predicted molar refractivity (Wildman–Crippen MR) is 93.8 cm³/mol. The van der Waals surface area contributed by atoms with Gasteiger partial charge in [-0.05, 0) is 49.9 Å². The Morgan fingerprint density at radius 3 is 2.79 bits per heavy atom. The molecule has 0 aliphatic carbocycles. The first-order valence-electron chi connectivity index (χ1n) is 8.94. The van der Waals surface area contributed by atoms with Crippen LogP contribution in [0.15, 0.2) is 18.2 Å². The van der Waals surface area contributed by atoms with Gasteiger partial charge >= 0.3 is 0 Å². The zero-order valence-electron chi connectivity index (χ0n) is 14.9. The lowest BCUT2D eigenvalue weighted by Gasteiger charge is -2.28. The third-order valence-electron chi connectivity index (χ3n) is 4.87. The molecule has 132 valence electrons. The highest BCUT2D eigenvalue weighted by Gasteiger charge is 2.38. The van der Waals surface area contributed by atoms with Gasteiger partial charge in [0.05, 0.1) is 13.7 Å². The van der Waals surface area contributed by atoms with Crippen LogP contribution in [0.2, 0.25) is 0 Å². The van der Waals surface area contributed by atoms with Crippen molar-refractivity contribution in [3.05, 3.63) is 23.8 Å². The molecule has 1 amide bonds. The average Bonchev–Trinajstić information content (AvgIpc) is 2.84. The second kappa shape index (κ2) is 7.43. The van der Waals surface area contributed by atoms with Gasteiger partial charge in [0, 0.05) is 24.2 Å². The fraction of sp³-hybridized carbons (Fsp3) is 0.632. The van der Waals surface area contributed by atoms with Crippen molar-refractivity contribution in [1.82, 2.24) is 10.2 Å². The molecule has 2 atom stereocenters. The molecule has 2 unspecified atom stereocenters. The SMILES string of the molecule is COc1cc(C(=O)N2C3CCNCC2CC3)ccc1OCC(C)C. The topological polar surface area (TPSA) is 50.8 Å². The van der Waals surface area contributed by atoms with Crippen LogP contribution in [0.1, 0.15) is 43.5 Å². The molecule has 2 saturated heterocycles.